The van der Waals surface area contributed by atoms with Crippen LogP contribution in [0.4, 0.5) is 0 Å². The first-order chi connectivity index (χ1) is 7.25. The molecular formula is C13H14OS. The minimum absolute atomic E-state index is 0.377. The second-order valence-corrected chi connectivity index (χ2v) is 4.81. The van der Waals surface area contributed by atoms with Crippen molar-refractivity contribution in [2.75, 3.05) is 0 Å². The van der Waals surface area contributed by atoms with E-state index in [1.54, 1.807) is 11.3 Å². The van der Waals surface area contributed by atoms with E-state index in [9.17, 15) is 5.11 Å². The highest BCUT2D eigenvalue weighted by Gasteiger charge is 2.09. The lowest BCUT2D eigenvalue weighted by molar-refractivity contribution is 0.179. The first-order valence-corrected chi connectivity index (χ1v) is 5.90. The first-order valence-electron chi connectivity index (χ1n) is 5.03. The molecule has 0 bridgehead atoms. The van der Waals surface area contributed by atoms with Gasteiger partial charge in [-0.25, -0.2) is 0 Å². The van der Waals surface area contributed by atoms with E-state index in [0.29, 0.717) is 6.42 Å². The first kappa shape index (κ1) is 10.4. The highest BCUT2D eigenvalue weighted by Crippen LogP contribution is 2.23. The maximum absolute atomic E-state index is 9.99. The van der Waals surface area contributed by atoms with E-state index < -0.39 is 0 Å². The Hall–Kier alpha value is -1.12. The molecule has 0 saturated carbocycles. The number of thiophene rings is 1. The van der Waals surface area contributed by atoms with Gasteiger partial charge in [0.05, 0.1) is 6.10 Å². The molecule has 2 heteroatoms. The summed E-state index contributed by atoms with van der Waals surface area (Å²) in [6, 6.07) is 12.1. The van der Waals surface area contributed by atoms with Crippen LogP contribution in [0.15, 0.2) is 41.8 Å². The monoisotopic (exact) mass is 218 g/mol. The highest BCUT2D eigenvalue weighted by atomic mass is 32.1. The summed E-state index contributed by atoms with van der Waals surface area (Å²) in [5.74, 6) is 0. The summed E-state index contributed by atoms with van der Waals surface area (Å²) in [5, 5.41) is 12.0. The summed E-state index contributed by atoms with van der Waals surface area (Å²) in [4.78, 5) is 1.25. The van der Waals surface area contributed by atoms with Crippen molar-refractivity contribution in [1.29, 1.82) is 0 Å². The van der Waals surface area contributed by atoms with Gasteiger partial charge in [0.2, 0.25) is 0 Å². The molecule has 1 unspecified atom stereocenters. The predicted octanol–water partition coefficient (Wildman–Crippen LogP) is 3.33. The van der Waals surface area contributed by atoms with Gasteiger partial charge in [0, 0.05) is 11.3 Å². The van der Waals surface area contributed by atoms with Crippen LogP contribution < -0.4 is 0 Å². The van der Waals surface area contributed by atoms with Gasteiger partial charge >= 0.3 is 0 Å². The maximum Gasteiger partial charge on any atom is 0.0838 e. The molecule has 0 aliphatic carbocycles. The minimum Gasteiger partial charge on any atom is -0.388 e. The van der Waals surface area contributed by atoms with Gasteiger partial charge in [0.15, 0.2) is 0 Å². The molecule has 2 aromatic rings. The van der Waals surface area contributed by atoms with E-state index in [1.165, 1.54) is 10.4 Å². The third-order valence-electron chi connectivity index (χ3n) is 2.41. The summed E-state index contributed by atoms with van der Waals surface area (Å²) in [6.07, 6.45) is 0.314. The molecular weight excluding hydrogens is 204 g/mol. The second kappa shape index (κ2) is 4.60. The van der Waals surface area contributed by atoms with Crippen LogP contribution in [0.2, 0.25) is 0 Å². The van der Waals surface area contributed by atoms with Crippen molar-refractivity contribution in [2.45, 2.75) is 19.4 Å². The second-order valence-electron chi connectivity index (χ2n) is 3.70. The molecule has 0 aliphatic rings. The molecule has 1 nitrogen and oxygen atoms in total. The lowest BCUT2D eigenvalue weighted by atomic mass is 10.0. The molecule has 2 rings (SSSR count). The van der Waals surface area contributed by atoms with Gasteiger partial charge in [0.1, 0.15) is 0 Å². The Morgan fingerprint density at radius 2 is 2.00 bits per heavy atom. The molecule has 1 aromatic heterocycles. The van der Waals surface area contributed by atoms with Crippen LogP contribution in [0.5, 0.6) is 0 Å². The Kier molecular flexibility index (Phi) is 3.19. The van der Waals surface area contributed by atoms with Crippen molar-refractivity contribution in [3.05, 3.63) is 57.8 Å². The summed E-state index contributed by atoms with van der Waals surface area (Å²) in [7, 11) is 0. The van der Waals surface area contributed by atoms with Gasteiger partial charge in [-0.15, -0.1) is 11.3 Å². The maximum atomic E-state index is 9.99. The van der Waals surface area contributed by atoms with Gasteiger partial charge in [-0.2, -0.15) is 0 Å². The fourth-order valence-corrected chi connectivity index (χ4v) is 2.34. The van der Waals surface area contributed by atoms with E-state index in [-0.39, 0.29) is 6.10 Å². The van der Waals surface area contributed by atoms with Crippen molar-refractivity contribution in [2.24, 2.45) is 0 Å². The van der Waals surface area contributed by atoms with E-state index >= 15 is 0 Å². The number of aliphatic hydroxyl groups is 1. The van der Waals surface area contributed by atoms with Crippen LogP contribution in [0.3, 0.4) is 0 Å². The molecule has 15 heavy (non-hydrogen) atoms. The van der Waals surface area contributed by atoms with Crippen LogP contribution in [-0.4, -0.2) is 5.11 Å². The number of aliphatic hydroxyl groups excluding tert-OH is 1. The van der Waals surface area contributed by atoms with E-state index in [2.05, 4.69) is 13.0 Å². The molecule has 0 radical (unpaired) electrons. The van der Waals surface area contributed by atoms with Crippen LogP contribution in [0, 0.1) is 6.92 Å². The molecule has 0 fully saturated rings. The number of aryl methyl sites for hydroxylation is 1. The zero-order chi connectivity index (χ0) is 10.7. The van der Waals surface area contributed by atoms with E-state index in [0.717, 1.165) is 5.56 Å². The van der Waals surface area contributed by atoms with Gasteiger partial charge in [0.25, 0.3) is 0 Å². The van der Waals surface area contributed by atoms with Crippen LogP contribution >= 0.6 is 11.3 Å². The standard InChI is InChI=1S/C13H14OS/c1-10-7-12(9-15-10)13(14)8-11-5-3-2-4-6-11/h2-7,9,13-14H,8H2,1H3. The molecule has 0 aliphatic heterocycles. The fraction of sp³-hybridized carbons (Fsp3) is 0.231. The van der Waals surface area contributed by atoms with Crippen molar-refractivity contribution in [3.63, 3.8) is 0 Å². The molecule has 0 saturated heterocycles. The Morgan fingerprint density at radius 3 is 2.60 bits per heavy atom. The predicted molar refractivity (Wildman–Crippen MR) is 64.2 cm³/mol. The van der Waals surface area contributed by atoms with Crippen LogP contribution in [0.25, 0.3) is 0 Å². The van der Waals surface area contributed by atoms with Crippen LogP contribution in [-0.2, 0) is 6.42 Å². The van der Waals surface area contributed by atoms with Crippen molar-refractivity contribution in [1.82, 2.24) is 0 Å². The van der Waals surface area contributed by atoms with Gasteiger partial charge in [-0.05, 0) is 29.5 Å². The summed E-state index contributed by atoms with van der Waals surface area (Å²) in [6.45, 7) is 2.06. The Balaban J connectivity index is 2.07. The molecule has 0 amide bonds. The molecule has 0 spiro atoms. The Labute approximate surface area is 94.0 Å². The number of hydrogen-bond acceptors (Lipinski definition) is 2. The van der Waals surface area contributed by atoms with Crippen molar-refractivity contribution in [3.8, 4) is 0 Å². The quantitative estimate of drug-likeness (QED) is 0.837. The topological polar surface area (TPSA) is 20.2 Å². The van der Waals surface area contributed by atoms with E-state index in [4.69, 9.17) is 0 Å². The smallest absolute Gasteiger partial charge is 0.0838 e. The number of rotatable bonds is 3. The summed E-state index contributed by atoms with van der Waals surface area (Å²) >= 11 is 1.68. The average molecular weight is 218 g/mol. The number of benzene rings is 1. The van der Waals surface area contributed by atoms with Crippen molar-refractivity contribution < 1.29 is 5.11 Å². The molecule has 1 heterocycles. The highest BCUT2D eigenvalue weighted by molar-refractivity contribution is 7.10. The average Bonchev–Trinajstić information content (AvgIpc) is 2.66. The SMILES string of the molecule is Cc1cc(C(O)Cc2ccccc2)cs1. The third kappa shape index (κ3) is 2.67. The van der Waals surface area contributed by atoms with Gasteiger partial charge < -0.3 is 5.11 Å². The van der Waals surface area contributed by atoms with E-state index in [1.807, 2.05) is 35.7 Å². The largest absolute Gasteiger partial charge is 0.388 e. The lowest BCUT2D eigenvalue weighted by Gasteiger charge is -2.08. The fourth-order valence-electron chi connectivity index (χ4n) is 1.59. The lowest BCUT2D eigenvalue weighted by Crippen LogP contribution is -1.99. The zero-order valence-corrected chi connectivity index (χ0v) is 9.50. The molecule has 1 atom stereocenters. The van der Waals surface area contributed by atoms with Crippen LogP contribution in [0.1, 0.15) is 22.1 Å². The van der Waals surface area contributed by atoms with Gasteiger partial charge in [-0.3, -0.25) is 0 Å². The summed E-state index contributed by atoms with van der Waals surface area (Å²) in [5.41, 5.74) is 2.20. The van der Waals surface area contributed by atoms with Gasteiger partial charge in [-0.1, -0.05) is 30.3 Å². The zero-order valence-electron chi connectivity index (χ0n) is 8.68. The Bertz CT molecular complexity index is 419. The normalized spacial score (nSPS) is 12.7. The summed E-state index contributed by atoms with van der Waals surface area (Å²) < 4.78 is 0. The molecule has 1 N–H and O–H groups in total. The molecule has 1 aromatic carbocycles. The Morgan fingerprint density at radius 1 is 1.27 bits per heavy atom. The minimum atomic E-state index is -0.377. The van der Waals surface area contributed by atoms with Crippen molar-refractivity contribution >= 4 is 11.3 Å². The molecule has 78 valence electrons. The number of hydrogen-bond donors (Lipinski definition) is 1. The third-order valence-corrected chi connectivity index (χ3v) is 3.29.